The van der Waals surface area contributed by atoms with Crippen LogP contribution in [-0.4, -0.2) is 32.3 Å². The second-order valence-corrected chi connectivity index (χ2v) is 4.08. The number of hydrogen-bond donors (Lipinski definition) is 1. The fourth-order valence-electron chi connectivity index (χ4n) is 1.56. The predicted molar refractivity (Wildman–Crippen MR) is 70.6 cm³/mol. The molecule has 0 aliphatic carbocycles. The average molecular weight is 269 g/mol. The summed E-state index contributed by atoms with van der Waals surface area (Å²) in [5.74, 6) is -0.601. The molecule has 0 aromatic heterocycles. The summed E-state index contributed by atoms with van der Waals surface area (Å²) in [6.07, 6.45) is 0.530. The van der Waals surface area contributed by atoms with Gasteiger partial charge in [-0.05, 0) is 25.0 Å². The minimum absolute atomic E-state index is 0.0985. The van der Waals surface area contributed by atoms with Crippen LogP contribution in [0.15, 0.2) is 24.3 Å². The summed E-state index contributed by atoms with van der Waals surface area (Å²) in [7, 11) is 1.61. The lowest BCUT2D eigenvalue weighted by molar-refractivity contribution is -0.128. The molecular formula is C14H20FNO3. The van der Waals surface area contributed by atoms with Gasteiger partial charge < -0.3 is 14.8 Å². The number of carbonyl (C=O) groups is 1. The number of rotatable bonds is 8. The smallest absolute Gasteiger partial charge is 0.261 e. The Morgan fingerprint density at radius 3 is 2.79 bits per heavy atom. The Labute approximate surface area is 112 Å². The van der Waals surface area contributed by atoms with Gasteiger partial charge in [-0.1, -0.05) is 19.1 Å². The summed E-state index contributed by atoms with van der Waals surface area (Å²) in [4.78, 5) is 11.9. The standard InChI is InChI=1S/C14H20FNO3/c1-3-12(14(17)16-9-6-10-18-2)19-13-8-5-4-7-11(13)15/h4-5,7-8,12H,3,6,9-10H2,1-2H3,(H,16,17)/t12-/m1/s1. The summed E-state index contributed by atoms with van der Waals surface area (Å²) < 4.78 is 23.7. The average Bonchev–Trinajstić information content (AvgIpc) is 2.42. The van der Waals surface area contributed by atoms with E-state index in [1.807, 2.05) is 6.92 Å². The van der Waals surface area contributed by atoms with Gasteiger partial charge in [0.05, 0.1) is 0 Å². The summed E-state index contributed by atoms with van der Waals surface area (Å²) in [6.45, 7) is 2.93. The molecule has 4 nitrogen and oxygen atoms in total. The first-order valence-corrected chi connectivity index (χ1v) is 6.36. The van der Waals surface area contributed by atoms with Crippen LogP contribution in [0.5, 0.6) is 5.75 Å². The molecule has 1 N–H and O–H groups in total. The first-order chi connectivity index (χ1) is 9.19. The topological polar surface area (TPSA) is 47.6 Å². The highest BCUT2D eigenvalue weighted by Crippen LogP contribution is 2.18. The highest BCUT2D eigenvalue weighted by Gasteiger charge is 2.19. The molecule has 0 aliphatic rings. The molecule has 5 heteroatoms. The van der Waals surface area contributed by atoms with Crippen molar-refractivity contribution in [3.05, 3.63) is 30.1 Å². The van der Waals surface area contributed by atoms with Crippen molar-refractivity contribution < 1.29 is 18.7 Å². The third-order valence-electron chi connectivity index (χ3n) is 2.59. The zero-order valence-electron chi connectivity index (χ0n) is 11.3. The van der Waals surface area contributed by atoms with Crippen LogP contribution in [0.25, 0.3) is 0 Å². The summed E-state index contributed by atoms with van der Waals surface area (Å²) in [5.41, 5.74) is 0. The number of nitrogens with one attached hydrogen (secondary N) is 1. The first-order valence-electron chi connectivity index (χ1n) is 6.36. The highest BCUT2D eigenvalue weighted by atomic mass is 19.1. The predicted octanol–water partition coefficient (Wildman–Crippen LogP) is 2.14. The van der Waals surface area contributed by atoms with E-state index in [0.29, 0.717) is 19.6 Å². The highest BCUT2D eigenvalue weighted by molar-refractivity contribution is 5.81. The number of amides is 1. The van der Waals surface area contributed by atoms with Crippen LogP contribution in [0.1, 0.15) is 19.8 Å². The molecule has 1 rings (SSSR count). The Kier molecular flexibility index (Phi) is 6.89. The van der Waals surface area contributed by atoms with Gasteiger partial charge in [0.15, 0.2) is 17.7 Å². The molecule has 0 saturated carbocycles. The summed E-state index contributed by atoms with van der Waals surface area (Å²) in [5, 5.41) is 2.74. The van der Waals surface area contributed by atoms with Crippen LogP contribution in [0, 0.1) is 5.82 Å². The molecule has 1 atom stereocenters. The maximum absolute atomic E-state index is 13.4. The molecule has 0 bridgehead atoms. The molecule has 1 amide bonds. The molecule has 0 heterocycles. The Hall–Kier alpha value is -1.62. The van der Waals surface area contributed by atoms with Gasteiger partial charge in [-0.25, -0.2) is 4.39 Å². The molecule has 1 aromatic carbocycles. The zero-order chi connectivity index (χ0) is 14.1. The third-order valence-corrected chi connectivity index (χ3v) is 2.59. The number of carbonyl (C=O) groups excluding carboxylic acids is 1. The number of hydrogen-bond acceptors (Lipinski definition) is 3. The van der Waals surface area contributed by atoms with E-state index < -0.39 is 11.9 Å². The summed E-state index contributed by atoms with van der Waals surface area (Å²) in [6, 6.07) is 6.06. The molecule has 0 radical (unpaired) electrons. The number of para-hydroxylation sites is 1. The van der Waals surface area contributed by atoms with Crippen LogP contribution in [0.3, 0.4) is 0 Å². The van der Waals surface area contributed by atoms with Crippen molar-refractivity contribution in [1.29, 1.82) is 0 Å². The largest absolute Gasteiger partial charge is 0.478 e. The third kappa shape index (κ3) is 5.26. The number of benzene rings is 1. The van der Waals surface area contributed by atoms with Gasteiger partial charge in [0, 0.05) is 20.3 Å². The van der Waals surface area contributed by atoms with Crippen molar-refractivity contribution in [1.82, 2.24) is 5.32 Å². The van der Waals surface area contributed by atoms with Crippen LogP contribution in [0.2, 0.25) is 0 Å². The summed E-state index contributed by atoms with van der Waals surface area (Å²) >= 11 is 0. The van der Waals surface area contributed by atoms with Crippen molar-refractivity contribution in [3.8, 4) is 5.75 Å². The first kappa shape index (κ1) is 15.4. The van der Waals surface area contributed by atoms with Gasteiger partial charge >= 0.3 is 0 Å². The fourth-order valence-corrected chi connectivity index (χ4v) is 1.56. The lowest BCUT2D eigenvalue weighted by Gasteiger charge is -2.17. The molecule has 1 aromatic rings. The number of methoxy groups -OCH3 is 1. The van der Waals surface area contributed by atoms with E-state index in [0.717, 1.165) is 6.42 Å². The second kappa shape index (κ2) is 8.48. The Bertz CT molecular complexity index is 398. The Morgan fingerprint density at radius 2 is 2.16 bits per heavy atom. The fraction of sp³-hybridized carbons (Fsp3) is 0.500. The lowest BCUT2D eigenvalue weighted by Crippen LogP contribution is -2.38. The van der Waals surface area contributed by atoms with Gasteiger partial charge in [0.1, 0.15) is 0 Å². The Balaban J connectivity index is 2.48. The van der Waals surface area contributed by atoms with Crippen molar-refractivity contribution in [2.45, 2.75) is 25.9 Å². The van der Waals surface area contributed by atoms with Crippen LogP contribution in [-0.2, 0) is 9.53 Å². The number of ether oxygens (including phenoxy) is 2. The molecule has 0 spiro atoms. The van der Waals surface area contributed by atoms with Gasteiger partial charge in [-0.15, -0.1) is 0 Å². The van der Waals surface area contributed by atoms with E-state index in [4.69, 9.17) is 9.47 Å². The van der Waals surface area contributed by atoms with Crippen LogP contribution < -0.4 is 10.1 Å². The van der Waals surface area contributed by atoms with Gasteiger partial charge in [-0.2, -0.15) is 0 Å². The van der Waals surface area contributed by atoms with E-state index >= 15 is 0 Å². The normalized spacial score (nSPS) is 11.9. The van der Waals surface area contributed by atoms with E-state index in [-0.39, 0.29) is 11.7 Å². The van der Waals surface area contributed by atoms with Crippen molar-refractivity contribution in [3.63, 3.8) is 0 Å². The molecular weight excluding hydrogens is 249 g/mol. The van der Waals surface area contributed by atoms with E-state index in [1.165, 1.54) is 12.1 Å². The van der Waals surface area contributed by atoms with Gasteiger partial charge in [0.2, 0.25) is 0 Å². The van der Waals surface area contributed by atoms with Gasteiger partial charge in [0.25, 0.3) is 5.91 Å². The quantitative estimate of drug-likeness (QED) is 0.735. The van der Waals surface area contributed by atoms with Gasteiger partial charge in [-0.3, -0.25) is 4.79 Å². The van der Waals surface area contributed by atoms with E-state index in [9.17, 15) is 9.18 Å². The molecule has 19 heavy (non-hydrogen) atoms. The SMILES string of the molecule is CC[C@@H](Oc1ccccc1F)C(=O)NCCCOC. The monoisotopic (exact) mass is 269 g/mol. The van der Waals surface area contributed by atoms with E-state index in [1.54, 1.807) is 19.2 Å². The van der Waals surface area contributed by atoms with Crippen molar-refractivity contribution in [2.24, 2.45) is 0 Å². The molecule has 0 fully saturated rings. The maximum Gasteiger partial charge on any atom is 0.261 e. The maximum atomic E-state index is 13.4. The van der Waals surface area contributed by atoms with E-state index in [2.05, 4.69) is 5.32 Å². The Morgan fingerprint density at radius 1 is 1.42 bits per heavy atom. The molecule has 0 aliphatic heterocycles. The minimum Gasteiger partial charge on any atom is -0.478 e. The second-order valence-electron chi connectivity index (χ2n) is 4.08. The van der Waals surface area contributed by atoms with Crippen molar-refractivity contribution >= 4 is 5.91 Å². The molecule has 0 unspecified atom stereocenters. The number of halogens is 1. The molecule has 106 valence electrons. The lowest BCUT2D eigenvalue weighted by atomic mass is 10.2. The minimum atomic E-state index is -0.681. The molecule has 0 saturated heterocycles. The zero-order valence-corrected chi connectivity index (χ0v) is 11.3. The van der Waals surface area contributed by atoms with Crippen LogP contribution >= 0.6 is 0 Å². The van der Waals surface area contributed by atoms with Crippen molar-refractivity contribution in [2.75, 3.05) is 20.3 Å². The van der Waals surface area contributed by atoms with Crippen LogP contribution in [0.4, 0.5) is 4.39 Å².